The first-order chi connectivity index (χ1) is 11.5. The van der Waals surface area contributed by atoms with Crippen LogP contribution in [0.1, 0.15) is 30.6 Å². The number of hydrogen-bond acceptors (Lipinski definition) is 5. The Bertz CT molecular complexity index is 765. The van der Waals surface area contributed by atoms with E-state index < -0.39 is 10.0 Å². The molecule has 0 bridgehead atoms. The zero-order valence-electron chi connectivity index (χ0n) is 15.9. The van der Waals surface area contributed by atoms with E-state index in [1.807, 2.05) is 13.8 Å². The lowest BCUT2D eigenvalue weighted by Crippen LogP contribution is -2.54. The summed E-state index contributed by atoms with van der Waals surface area (Å²) in [5.41, 5.74) is 6.27. The summed E-state index contributed by atoms with van der Waals surface area (Å²) < 4.78 is 31.3. The van der Waals surface area contributed by atoms with Crippen LogP contribution in [0.25, 0.3) is 0 Å². The van der Waals surface area contributed by atoms with Crippen LogP contribution in [0.5, 0.6) is 5.75 Å². The van der Waals surface area contributed by atoms with Gasteiger partial charge in [0.15, 0.2) is 0 Å². The zero-order chi connectivity index (χ0) is 19.0. The highest BCUT2D eigenvalue weighted by Crippen LogP contribution is 2.31. The van der Waals surface area contributed by atoms with E-state index in [-0.39, 0.29) is 40.4 Å². The minimum Gasteiger partial charge on any atom is -0.495 e. The van der Waals surface area contributed by atoms with Gasteiger partial charge in [0.1, 0.15) is 10.6 Å². The third-order valence-corrected chi connectivity index (χ3v) is 6.60. The molecule has 26 heavy (non-hydrogen) atoms. The molecule has 148 valence electrons. The van der Waals surface area contributed by atoms with Crippen LogP contribution in [0.3, 0.4) is 0 Å². The summed E-state index contributed by atoms with van der Waals surface area (Å²) in [7, 11) is 0.567. The third-order valence-electron chi connectivity index (χ3n) is 4.77. The van der Waals surface area contributed by atoms with Crippen LogP contribution in [-0.2, 0) is 10.0 Å². The van der Waals surface area contributed by atoms with Gasteiger partial charge in [0.25, 0.3) is 5.91 Å². The molecule has 0 aromatic heterocycles. The normalized spacial score (nSPS) is 19.8. The van der Waals surface area contributed by atoms with Crippen molar-refractivity contribution in [2.24, 2.45) is 11.1 Å². The van der Waals surface area contributed by atoms with E-state index in [0.29, 0.717) is 18.7 Å². The maximum absolute atomic E-state index is 12.9. The number of piperidine rings is 1. The Balaban J connectivity index is 0.00000338. The molecule has 1 aromatic rings. The molecule has 2 N–H and O–H groups in total. The van der Waals surface area contributed by atoms with Crippen molar-refractivity contribution in [3.63, 3.8) is 0 Å². The summed E-state index contributed by atoms with van der Waals surface area (Å²) in [5, 5.41) is 0. The van der Waals surface area contributed by atoms with Gasteiger partial charge in [-0.05, 0) is 30.0 Å². The van der Waals surface area contributed by atoms with E-state index in [0.717, 1.165) is 10.7 Å². The number of nitrogens with two attached hydrogens (primary N) is 1. The number of likely N-dealkylation sites (tertiary alicyclic amines) is 1. The number of benzene rings is 1. The second kappa shape index (κ2) is 8.12. The van der Waals surface area contributed by atoms with E-state index in [1.54, 1.807) is 11.0 Å². The minimum atomic E-state index is -3.72. The van der Waals surface area contributed by atoms with Gasteiger partial charge in [-0.25, -0.2) is 12.7 Å². The molecule has 1 fully saturated rings. The third kappa shape index (κ3) is 4.31. The van der Waals surface area contributed by atoms with Crippen LogP contribution in [0.2, 0.25) is 0 Å². The van der Waals surface area contributed by atoms with E-state index in [4.69, 9.17) is 10.5 Å². The van der Waals surface area contributed by atoms with Gasteiger partial charge < -0.3 is 15.4 Å². The van der Waals surface area contributed by atoms with E-state index in [1.165, 1.54) is 33.3 Å². The number of rotatable bonds is 4. The Kier molecular flexibility index (Phi) is 7.09. The molecule has 1 aliphatic heterocycles. The molecule has 1 heterocycles. The summed E-state index contributed by atoms with van der Waals surface area (Å²) in [6.45, 7) is 5.17. The maximum Gasteiger partial charge on any atom is 0.253 e. The van der Waals surface area contributed by atoms with Crippen molar-refractivity contribution in [2.75, 3.05) is 34.3 Å². The number of halogens is 1. The number of sulfonamides is 1. The van der Waals surface area contributed by atoms with Crippen molar-refractivity contribution in [1.29, 1.82) is 0 Å². The summed E-state index contributed by atoms with van der Waals surface area (Å²) in [4.78, 5) is 14.6. The Hall–Kier alpha value is -1.35. The number of hydrogen-bond donors (Lipinski definition) is 1. The average molecular weight is 406 g/mol. The lowest BCUT2D eigenvalue weighted by Gasteiger charge is -2.42. The summed E-state index contributed by atoms with van der Waals surface area (Å²) in [6.07, 6.45) is 0.720. The number of nitrogens with zero attached hydrogens (tertiary/aromatic N) is 2. The number of carbonyl (C=O) groups is 1. The highest BCUT2D eigenvalue weighted by molar-refractivity contribution is 7.89. The monoisotopic (exact) mass is 405 g/mol. The summed E-state index contributed by atoms with van der Waals surface area (Å²) in [5.74, 6) is 0.0177. The van der Waals surface area contributed by atoms with E-state index in [9.17, 15) is 13.2 Å². The average Bonchev–Trinajstić information content (AvgIpc) is 2.55. The fraction of sp³-hybridized carbons (Fsp3) is 0.588. The Labute approximate surface area is 161 Å². The van der Waals surface area contributed by atoms with Crippen LogP contribution < -0.4 is 10.5 Å². The molecule has 1 aromatic carbocycles. The lowest BCUT2D eigenvalue weighted by molar-refractivity contribution is 0.0532. The van der Waals surface area contributed by atoms with Crippen LogP contribution >= 0.6 is 12.4 Å². The molecule has 0 spiro atoms. The van der Waals surface area contributed by atoms with Crippen LogP contribution in [-0.4, -0.2) is 63.9 Å². The molecule has 2 rings (SSSR count). The topological polar surface area (TPSA) is 92.9 Å². The zero-order valence-corrected chi connectivity index (χ0v) is 17.5. The fourth-order valence-electron chi connectivity index (χ4n) is 2.94. The van der Waals surface area contributed by atoms with Crippen molar-refractivity contribution in [3.05, 3.63) is 23.8 Å². The highest BCUT2D eigenvalue weighted by Gasteiger charge is 2.36. The first-order valence-electron chi connectivity index (χ1n) is 8.16. The molecular weight excluding hydrogens is 378 g/mol. The molecule has 1 unspecified atom stereocenters. The first kappa shape index (κ1) is 22.7. The molecule has 0 saturated carbocycles. The lowest BCUT2D eigenvalue weighted by atomic mass is 9.79. The maximum atomic E-state index is 12.9. The van der Waals surface area contributed by atoms with Gasteiger partial charge in [-0.2, -0.15) is 0 Å². The van der Waals surface area contributed by atoms with Gasteiger partial charge in [-0.1, -0.05) is 13.8 Å². The van der Waals surface area contributed by atoms with Gasteiger partial charge >= 0.3 is 0 Å². The molecule has 0 radical (unpaired) electrons. The SMILES string of the molecule is COc1ccc(C(=O)N2CCC(N)C(C)(C)C2)cc1S(=O)(=O)N(C)C.Cl. The number of ether oxygens (including phenoxy) is 1. The van der Waals surface area contributed by atoms with Gasteiger partial charge in [-0.3, -0.25) is 4.79 Å². The number of carbonyl (C=O) groups excluding carboxylic acids is 1. The minimum absolute atomic E-state index is 0. The van der Waals surface area contributed by atoms with Crippen LogP contribution in [0.15, 0.2) is 23.1 Å². The molecular formula is C17H28ClN3O4S. The molecule has 0 aliphatic carbocycles. The molecule has 9 heteroatoms. The van der Waals surface area contributed by atoms with Crippen molar-refractivity contribution >= 4 is 28.3 Å². The first-order valence-corrected chi connectivity index (χ1v) is 9.60. The quantitative estimate of drug-likeness (QED) is 0.820. The van der Waals surface area contributed by atoms with Gasteiger partial charge in [-0.15, -0.1) is 12.4 Å². The van der Waals surface area contributed by atoms with Crippen LogP contribution in [0, 0.1) is 5.41 Å². The predicted octanol–water partition coefficient (Wildman–Crippen LogP) is 1.57. The van der Waals surface area contributed by atoms with Crippen LogP contribution in [0.4, 0.5) is 0 Å². The summed E-state index contributed by atoms with van der Waals surface area (Å²) in [6, 6.07) is 4.54. The van der Waals surface area contributed by atoms with Gasteiger partial charge in [0, 0.05) is 38.8 Å². The summed E-state index contributed by atoms with van der Waals surface area (Å²) >= 11 is 0. The molecule has 7 nitrogen and oxygen atoms in total. The van der Waals surface area contributed by atoms with Crippen molar-refractivity contribution < 1.29 is 17.9 Å². The Morgan fingerprint density at radius 3 is 2.46 bits per heavy atom. The van der Waals surface area contributed by atoms with E-state index >= 15 is 0 Å². The molecule has 1 aliphatic rings. The standard InChI is InChI=1S/C17H27N3O4S.ClH/c1-17(2)11-20(9-8-15(17)18)16(21)12-6-7-13(24-5)14(10-12)25(22,23)19(3)4;/h6-7,10,15H,8-9,11,18H2,1-5H3;1H. The molecule has 1 saturated heterocycles. The molecule has 1 amide bonds. The second-order valence-electron chi connectivity index (χ2n) is 7.26. The fourth-order valence-corrected chi connectivity index (χ4v) is 4.01. The largest absolute Gasteiger partial charge is 0.495 e. The van der Waals surface area contributed by atoms with E-state index in [2.05, 4.69) is 0 Å². The second-order valence-corrected chi connectivity index (χ2v) is 9.38. The predicted molar refractivity (Wildman–Crippen MR) is 103 cm³/mol. The van der Waals surface area contributed by atoms with Crippen molar-refractivity contribution in [3.8, 4) is 5.75 Å². The van der Waals surface area contributed by atoms with Crippen molar-refractivity contribution in [1.82, 2.24) is 9.21 Å². The number of amides is 1. The number of methoxy groups -OCH3 is 1. The Morgan fingerprint density at radius 1 is 1.35 bits per heavy atom. The highest BCUT2D eigenvalue weighted by atomic mass is 35.5. The Morgan fingerprint density at radius 2 is 1.96 bits per heavy atom. The van der Waals surface area contributed by atoms with Crippen molar-refractivity contribution in [2.45, 2.75) is 31.2 Å². The molecule has 1 atom stereocenters. The van der Waals surface area contributed by atoms with Gasteiger partial charge in [0.2, 0.25) is 10.0 Å². The smallest absolute Gasteiger partial charge is 0.253 e. The van der Waals surface area contributed by atoms with Gasteiger partial charge in [0.05, 0.1) is 7.11 Å².